The molecule has 1 rings (SSSR count). The fraction of sp³-hybridized carbons (Fsp3) is 0.125. The summed E-state index contributed by atoms with van der Waals surface area (Å²) in [7, 11) is 0. The van der Waals surface area contributed by atoms with Crippen molar-refractivity contribution in [1.29, 1.82) is 0 Å². The number of carbonyl (C=O) groups excluding carboxylic acids is 1. The van der Waals surface area contributed by atoms with Crippen molar-refractivity contribution < 1.29 is 69.1 Å². The third-order valence-corrected chi connectivity index (χ3v) is 1.74. The number of hydrogen-bond donors (Lipinski definition) is 1. The van der Waals surface area contributed by atoms with Gasteiger partial charge in [-0.15, -0.1) is 5.46 Å². The van der Waals surface area contributed by atoms with Crippen LogP contribution in [-0.2, 0) is 11.2 Å². The van der Waals surface area contributed by atoms with Crippen LogP contribution in [0.5, 0.6) is 0 Å². The Morgan fingerprint density at radius 1 is 1.20 bits per heavy atom. The van der Waals surface area contributed by atoms with Crippen molar-refractivity contribution in [2.75, 3.05) is 0 Å². The molecule has 0 heterocycles. The van der Waals surface area contributed by atoms with Crippen LogP contribution in [0.4, 0.5) is 12.9 Å². The van der Waals surface area contributed by atoms with Gasteiger partial charge in [-0.25, -0.2) is 0 Å². The second-order valence-corrected chi connectivity index (χ2v) is 2.96. The maximum absolute atomic E-state index is 12.2. The number of halogens is 3. The topological polar surface area (TPSA) is 43.1 Å². The Balaban J connectivity index is 0.00000196. The van der Waals surface area contributed by atoms with Gasteiger partial charge in [0.15, 0.2) is 0 Å². The molecule has 0 fully saturated rings. The maximum Gasteiger partial charge on any atom is 1.00 e. The number of primary amides is 1. The molecule has 15 heavy (non-hydrogen) atoms. The zero-order valence-electron chi connectivity index (χ0n) is 8.21. The van der Waals surface area contributed by atoms with Crippen LogP contribution in [0, 0.1) is 0 Å². The molecule has 0 aromatic heterocycles. The van der Waals surface area contributed by atoms with E-state index in [1.807, 2.05) is 0 Å². The summed E-state index contributed by atoms with van der Waals surface area (Å²) in [5, 5.41) is 0. The van der Waals surface area contributed by atoms with Gasteiger partial charge in [-0.3, -0.25) is 4.79 Å². The summed E-state index contributed by atoms with van der Waals surface area (Å²) < 4.78 is 36.5. The minimum absolute atomic E-state index is 0. The molecule has 0 aliphatic rings. The monoisotopic (exact) mass is 241 g/mol. The fourth-order valence-electron chi connectivity index (χ4n) is 1.05. The van der Waals surface area contributed by atoms with Gasteiger partial charge in [0.2, 0.25) is 5.91 Å². The number of rotatable bonds is 3. The Bertz CT molecular complexity index is 339. The number of nitrogens with two attached hydrogens (primary N) is 1. The molecule has 0 unspecified atom stereocenters. The Morgan fingerprint density at radius 2 is 1.67 bits per heavy atom. The van der Waals surface area contributed by atoms with Crippen molar-refractivity contribution in [2.45, 2.75) is 6.42 Å². The Morgan fingerprint density at radius 3 is 2.00 bits per heavy atom. The third kappa shape index (κ3) is 5.17. The summed E-state index contributed by atoms with van der Waals surface area (Å²) in [5.41, 5.74) is 4.71. The first kappa shape index (κ1) is 15.2. The van der Waals surface area contributed by atoms with Crippen LogP contribution in [0.3, 0.4) is 0 Å². The van der Waals surface area contributed by atoms with Crippen molar-refractivity contribution in [2.24, 2.45) is 5.73 Å². The smallest absolute Gasteiger partial charge is 0.445 e. The standard InChI is InChI=1S/C8H8BF3NO.K/c10-9(11,12)7-3-1-6(2-4-7)5-8(13)14;/h1-4H,5H2,(H2,13,14);/q-1;+1. The SMILES string of the molecule is NC(=O)Cc1ccc([B-](F)(F)F)cc1.[K+]. The van der Waals surface area contributed by atoms with Gasteiger partial charge >= 0.3 is 58.4 Å². The molecule has 1 aromatic carbocycles. The first-order valence-corrected chi connectivity index (χ1v) is 3.96. The van der Waals surface area contributed by atoms with E-state index in [-0.39, 0.29) is 57.8 Å². The summed E-state index contributed by atoms with van der Waals surface area (Å²) in [6.07, 6.45) is -0.0366. The summed E-state index contributed by atoms with van der Waals surface area (Å²) in [6, 6.07) is 4.43. The first-order chi connectivity index (χ1) is 6.39. The molecule has 1 aromatic rings. The summed E-state index contributed by atoms with van der Waals surface area (Å²) in [4.78, 5) is 10.5. The molecule has 1 amide bonds. The number of benzene rings is 1. The Kier molecular flexibility index (Phi) is 6.12. The molecule has 0 aliphatic carbocycles. The Labute approximate surface area is 128 Å². The average Bonchev–Trinajstić information content (AvgIpc) is 2.02. The van der Waals surface area contributed by atoms with E-state index < -0.39 is 18.3 Å². The van der Waals surface area contributed by atoms with Gasteiger partial charge in [-0.1, -0.05) is 24.3 Å². The van der Waals surface area contributed by atoms with E-state index in [1.165, 1.54) is 12.1 Å². The molecule has 0 spiro atoms. The van der Waals surface area contributed by atoms with Gasteiger partial charge in [0.1, 0.15) is 0 Å². The molecule has 76 valence electrons. The van der Waals surface area contributed by atoms with Crippen LogP contribution < -0.4 is 62.6 Å². The van der Waals surface area contributed by atoms with Crippen molar-refractivity contribution in [3.63, 3.8) is 0 Å². The van der Waals surface area contributed by atoms with Crippen LogP contribution in [0.15, 0.2) is 24.3 Å². The molecule has 0 bridgehead atoms. The minimum Gasteiger partial charge on any atom is -0.445 e. The van der Waals surface area contributed by atoms with Gasteiger partial charge in [0, 0.05) is 0 Å². The second-order valence-electron chi connectivity index (χ2n) is 2.96. The molecule has 0 saturated heterocycles. The van der Waals surface area contributed by atoms with Crippen molar-refractivity contribution in [3.05, 3.63) is 29.8 Å². The van der Waals surface area contributed by atoms with Crippen molar-refractivity contribution in [3.8, 4) is 0 Å². The molecule has 0 radical (unpaired) electrons. The van der Waals surface area contributed by atoms with Crippen LogP contribution in [0.1, 0.15) is 5.56 Å². The zero-order chi connectivity index (χ0) is 10.8. The van der Waals surface area contributed by atoms with Crippen molar-refractivity contribution in [1.82, 2.24) is 0 Å². The van der Waals surface area contributed by atoms with E-state index in [2.05, 4.69) is 0 Å². The molecule has 2 N–H and O–H groups in total. The van der Waals surface area contributed by atoms with E-state index in [4.69, 9.17) is 5.73 Å². The Hall–Kier alpha value is 0.181. The van der Waals surface area contributed by atoms with Crippen LogP contribution >= 0.6 is 0 Å². The predicted molar refractivity (Wildman–Crippen MR) is 48.1 cm³/mol. The normalized spacial score (nSPS) is 10.6. The molecule has 7 heteroatoms. The zero-order valence-corrected chi connectivity index (χ0v) is 11.3. The number of amides is 1. The minimum atomic E-state index is -4.96. The van der Waals surface area contributed by atoms with E-state index in [0.29, 0.717) is 5.56 Å². The number of hydrogen-bond acceptors (Lipinski definition) is 1. The van der Waals surface area contributed by atoms with Gasteiger partial charge < -0.3 is 18.7 Å². The summed E-state index contributed by atoms with van der Waals surface area (Å²) in [5.74, 6) is -0.560. The summed E-state index contributed by atoms with van der Waals surface area (Å²) in [6.45, 7) is -4.96. The second kappa shape index (κ2) is 6.05. The van der Waals surface area contributed by atoms with Gasteiger partial charge in [0.05, 0.1) is 6.42 Å². The molecular formula is C8H8BF3KNO. The predicted octanol–water partition coefficient (Wildman–Crippen LogP) is -2.23. The molecule has 2 nitrogen and oxygen atoms in total. The van der Waals surface area contributed by atoms with Crippen molar-refractivity contribution >= 4 is 18.3 Å². The van der Waals surface area contributed by atoms with E-state index in [1.54, 1.807) is 0 Å². The number of carbonyl (C=O) groups is 1. The fourth-order valence-corrected chi connectivity index (χ4v) is 1.05. The van der Waals surface area contributed by atoms with E-state index in [0.717, 1.165) is 12.1 Å². The van der Waals surface area contributed by atoms with Gasteiger partial charge in [0.25, 0.3) is 0 Å². The first-order valence-electron chi connectivity index (χ1n) is 3.96. The molecule has 0 atom stereocenters. The van der Waals surface area contributed by atoms with E-state index in [9.17, 15) is 17.7 Å². The van der Waals surface area contributed by atoms with Gasteiger partial charge in [-0.2, -0.15) is 0 Å². The molecule has 0 saturated carbocycles. The van der Waals surface area contributed by atoms with Crippen LogP contribution in [-0.4, -0.2) is 12.9 Å². The molecular weight excluding hydrogens is 233 g/mol. The maximum atomic E-state index is 12.2. The third-order valence-electron chi connectivity index (χ3n) is 1.74. The molecule has 0 aliphatic heterocycles. The quantitative estimate of drug-likeness (QED) is 0.598. The largest absolute Gasteiger partial charge is 1.00 e. The summed E-state index contributed by atoms with van der Waals surface area (Å²) >= 11 is 0. The van der Waals surface area contributed by atoms with Gasteiger partial charge in [-0.05, 0) is 5.56 Å². The van der Waals surface area contributed by atoms with Crippen LogP contribution in [0.25, 0.3) is 0 Å². The average molecular weight is 241 g/mol. The van der Waals surface area contributed by atoms with E-state index >= 15 is 0 Å². The van der Waals surface area contributed by atoms with Crippen LogP contribution in [0.2, 0.25) is 0 Å².